The van der Waals surface area contributed by atoms with Gasteiger partial charge in [-0.05, 0) is 31.6 Å². The molecule has 0 radical (unpaired) electrons. The molecule has 0 aromatic heterocycles. The number of hydrogen-bond donors (Lipinski definition) is 3. The van der Waals surface area contributed by atoms with Crippen LogP contribution in [0.5, 0.6) is 5.75 Å². The van der Waals surface area contributed by atoms with E-state index in [1.165, 1.54) is 12.1 Å². The van der Waals surface area contributed by atoms with Crippen molar-refractivity contribution < 1.29 is 14.3 Å². The molecule has 5 heteroatoms. The van der Waals surface area contributed by atoms with Crippen molar-refractivity contribution in [2.75, 3.05) is 19.6 Å². The molecule has 0 bridgehead atoms. The van der Waals surface area contributed by atoms with E-state index in [2.05, 4.69) is 10.6 Å². The van der Waals surface area contributed by atoms with E-state index in [1.54, 1.807) is 0 Å². The van der Waals surface area contributed by atoms with Crippen molar-refractivity contribution in [1.82, 2.24) is 10.6 Å². The van der Waals surface area contributed by atoms with Gasteiger partial charge in [-0.15, -0.1) is 0 Å². The van der Waals surface area contributed by atoms with Crippen LogP contribution in [-0.2, 0) is 0 Å². The van der Waals surface area contributed by atoms with Crippen LogP contribution in [0, 0.1) is 5.82 Å². The number of amides is 1. The van der Waals surface area contributed by atoms with Gasteiger partial charge >= 0.3 is 0 Å². The summed E-state index contributed by atoms with van der Waals surface area (Å²) in [7, 11) is 0. The molecule has 4 nitrogen and oxygen atoms in total. The monoisotopic (exact) mass is 240 g/mol. The molecule has 1 aromatic rings. The number of rotatable bonds is 6. The summed E-state index contributed by atoms with van der Waals surface area (Å²) in [6, 6.07) is 3.48. The van der Waals surface area contributed by atoms with E-state index >= 15 is 0 Å². The van der Waals surface area contributed by atoms with Gasteiger partial charge in [0.15, 0.2) is 0 Å². The zero-order chi connectivity index (χ0) is 12.7. The molecular weight excluding hydrogens is 223 g/mol. The van der Waals surface area contributed by atoms with Crippen molar-refractivity contribution in [1.29, 1.82) is 0 Å². The Morgan fingerprint density at radius 1 is 1.41 bits per heavy atom. The van der Waals surface area contributed by atoms with Crippen molar-refractivity contribution in [3.8, 4) is 5.75 Å². The molecule has 0 aliphatic carbocycles. The fraction of sp³-hybridized carbons (Fsp3) is 0.417. The van der Waals surface area contributed by atoms with E-state index in [0.717, 1.165) is 25.6 Å². The Hall–Kier alpha value is -1.62. The van der Waals surface area contributed by atoms with Gasteiger partial charge in [0.25, 0.3) is 5.91 Å². The highest BCUT2D eigenvalue weighted by molar-refractivity contribution is 5.94. The molecule has 0 unspecified atom stereocenters. The number of hydrogen-bond acceptors (Lipinski definition) is 3. The topological polar surface area (TPSA) is 61.4 Å². The van der Waals surface area contributed by atoms with Crippen LogP contribution in [0.1, 0.15) is 23.7 Å². The number of nitrogens with one attached hydrogen (secondary N) is 2. The van der Waals surface area contributed by atoms with Crippen LogP contribution in [-0.4, -0.2) is 30.6 Å². The first-order valence-corrected chi connectivity index (χ1v) is 5.62. The van der Waals surface area contributed by atoms with E-state index in [9.17, 15) is 9.18 Å². The maximum atomic E-state index is 13.3. The van der Waals surface area contributed by atoms with Crippen molar-refractivity contribution in [3.05, 3.63) is 29.6 Å². The van der Waals surface area contributed by atoms with E-state index in [4.69, 9.17) is 5.11 Å². The lowest BCUT2D eigenvalue weighted by Crippen LogP contribution is -2.27. The Morgan fingerprint density at radius 3 is 2.82 bits per heavy atom. The summed E-state index contributed by atoms with van der Waals surface area (Å²) in [6.45, 7) is 4.20. The van der Waals surface area contributed by atoms with Gasteiger partial charge in [0, 0.05) is 12.6 Å². The Kier molecular flexibility index (Phi) is 5.42. The first-order valence-electron chi connectivity index (χ1n) is 5.62. The normalized spacial score (nSPS) is 10.2. The number of aromatic hydroxyl groups is 1. The quantitative estimate of drug-likeness (QED) is 0.656. The molecule has 0 fully saturated rings. The van der Waals surface area contributed by atoms with Gasteiger partial charge in [-0.1, -0.05) is 6.92 Å². The molecule has 1 aromatic carbocycles. The summed E-state index contributed by atoms with van der Waals surface area (Å²) in [4.78, 5) is 11.6. The highest BCUT2D eigenvalue weighted by atomic mass is 19.1. The lowest BCUT2D eigenvalue weighted by molar-refractivity contribution is 0.0949. The molecule has 0 saturated heterocycles. The SMILES string of the molecule is CCNCCCNC(=O)c1ccc(O)cc1F. The van der Waals surface area contributed by atoms with Gasteiger partial charge in [0.05, 0.1) is 5.56 Å². The van der Waals surface area contributed by atoms with Gasteiger partial charge in [-0.25, -0.2) is 4.39 Å². The third kappa shape index (κ3) is 4.40. The number of carbonyl (C=O) groups is 1. The summed E-state index contributed by atoms with van der Waals surface area (Å²) in [5.41, 5.74) is -0.0498. The second kappa shape index (κ2) is 6.85. The molecule has 0 atom stereocenters. The third-order valence-corrected chi connectivity index (χ3v) is 2.26. The maximum absolute atomic E-state index is 13.3. The molecule has 0 aliphatic rings. The van der Waals surface area contributed by atoms with Gasteiger partial charge in [-0.3, -0.25) is 4.79 Å². The Balaban J connectivity index is 2.42. The fourth-order valence-corrected chi connectivity index (χ4v) is 1.38. The molecular formula is C12H17FN2O2. The molecule has 0 spiro atoms. The van der Waals surface area contributed by atoms with Gasteiger partial charge < -0.3 is 15.7 Å². The number of phenols is 1. The predicted octanol–water partition coefficient (Wildman–Crippen LogP) is 1.26. The minimum atomic E-state index is -0.714. The Bertz CT molecular complexity index is 383. The van der Waals surface area contributed by atoms with Crippen LogP contribution in [0.4, 0.5) is 4.39 Å². The minimum Gasteiger partial charge on any atom is -0.508 e. The smallest absolute Gasteiger partial charge is 0.254 e. The lowest BCUT2D eigenvalue weighted by atomic mass is 10.2. The Labute approximate surface area is 99.8 Å². The van der Waals surface area contributed by atoms with Crippen LogP contribution in [0.3, 0.4) is 0 Å². The molecule has 17 heavy (non-hydrogen) atoms. The molecule has 1 amide bonds. The number of benzene rings is 1. The van der Waals surface area contributed by atoms with Gasteiger partial charge in [0.2, 0.25) is 0 Å². The van der Waals surface area contributed by atoms with Crippen LogP contribution in [0.25, 0.3) is 0 Å². The molecule has 3 N–H and O–H groups in total. The fourth-order valence-electron chi connectivity index (χ4n) is 1.38. The van der Waals surface area contributed by atoms with E-state index in [1.807, 2.05) is 6.92 Å². The third-order valence-electron chi connectivity index (χ3n) is 2.26. The average Bonchev–Trinajstić information content (AvgIpc) is 2.28. The maximum Gasteiger partial charge on any atom is 0.254 e. The summed E-state index contributed by atoms with van der Waals surface area (Å²) >= 11 is 0. The van der Waals surface area contributed by atoms with Gasteiger partial charge in [-0.2, -0.15) is 0 Å². The zero-order valence-electron chi connectivity index (χ0n) is 9.79. The molecule has 1 rings (SSSR count). The van der Waals surface area contributed by atoms with Crippen LogP contribution >= 0.6 is 0 Å². The first kappa shape index (κ1) is 13.4. The Morgan fingerprint density at radius 2 is 2.18 bits per heavy atom. The summed E-state index contributed by atoms with van der Waals surface area (Å²) in [5.74, 6) is -1.36. The number of phenolic OH excluding ortho intramolecular Hbond substituents is 1. The molecule has 0 saturated carbocycles. The highest BCUT2D eigenvalue weighted by Crippen LogP contribution is 2.14. The zero-order valence-corrected chi connectivity index (χ0v) is 9.79. The van der Waals surface area contributed by atoms with Crippen molar-refractivity contribution in [3.63, 3.8) is 0 Å². The van der Waals surface area contributed by atoms with Crippen molar-refractivity contribution in [2.45, 2.75) is 13.3 Å². The average molecular weight is 240 g/mol. The van der Waals surface area contributed by atoms with E-state index in [-0.39, 0.29) is 11.3 Å². The van der Waals surface area contributed by atoms with Crippen molar-refractivity contribution in [2.24, 2.45) is 0 Å². The van der Waals surface area contributed by atoms with E-state index in [0.29, 0.717) is 6.54 Å². The van der Waals surface area contributed by atoms with Crippen LogP contribution in [0.2, 0.25) is 0 Å². The number of halogens is 1. The largest absolute Gasteiger partial charge is 0.508 e. The molecule has 94 valence electrons. The number of carbonyl (C=O) groups excluding carboxylic acids is 1. The van der Waals surface area contributed by atoms with Gasteiger partial charge in [0.1, 0.15) is 11.6 Å². The van der Waals surface area contributed by atoms with Crippen LogP contribution in [0.15, 0.2) is 18.2 Å². The van der Waals surface area contributed by atoms with E-state index < -0.39 is 11.7 Å². The molecule has 0 aliphatic heterocycles. The van der Waals surface area contributed by atoms with Crippen molar-refractivity contribution >= 4 is 5.91 Å². The standard InChI is InChI=1S/C12H17FN2O2/c1-2-14-6-3-7-15-12(17)10-5-4-9(16)8-11(10)13/h4-5,8,14,16H,2-3,6-7H2,1H3,(H,15,17). The highest BCUT2D eigenvalue weighted by Gasteiger charge is 2.11. The minimum absolute atomic E-state index is 0.0498. The first-order chi connectivity index (χ1) is 8.15. The second-order valence-electron chi connectivity index (χ2n) is 3.63. The summed E-state index contributed by atoms with van der Waals surface area (Å²) in [5, 5.41) is 14.8. The second-order valence-corrected chi connectivity index (χ2v) is 3.63. The molecule has 0 heterocycles. The summed E-state index contributed by atoms with van der Waals surface area (Å²) < 4.78 is 13.3. The predicted molar refractivity (Wildman–Crippen MR) is 63.6 cm³/mol. The summed E-state index contributed by atoms with van der Waals surface area (Å²) in [6.07, 6.45) is 0.791. The lowest BCUT2D eigenvalue weighted by Gasteiger charge is -2.06. The van der Waals surface area contributed by atoms with Crippen LogP contribution < -0.4 is 10.6 Å².